The van der Waals surface area contributed by atoms with Crippen LogP contribution in [0, 0.1) is 11.6 Å². The molecule has 1 aromatic carbocycles. The van der Waals surface area contributed by atoms with Gasteiger partial charge in [-0.05, 0) is 18.1 Å². The van der Waals surface area contributed by atoms with Gasteiger partial charge in [-0.25, -0.2) is 8.78 Å². The molecule has 1 nitrogen and oxygen atoms in total. The Hall–Kier alpha value is -1.12. The number of rotatable bonds is 2. The summed E-state index contributed by atoms with van der Waals surface area (Å²) in [6.07, 6.45) is 0. The van der Waals surface area contributed by atoms with Gasteiger partial charge in [0.1, 0.15) is 5.75 Å². The predicted octanol–water partition coefficient (Wildman–Crippen LogP) is 3.10. The summed E-state index contributed by atoms with van der Waals surface area (Å²) in [7, 11) is 1.44. The van der Waals surface area contributed by atoms with Crippen LogP contribution < -0.4 is 4.74 Å². The van der Waals surface area contributed by atoms with Gasteiger partial charge in [-0.3, -0.25) is 0 Å². The number of methoxy groups -OCH3 is 1. The first kappa shape index (κ1) is 9.96. The molecule has 0 atom stereocenters. The molecule has 3 heteroatoms. The first-order chi connectivity index (χ1) is 6.07. The van der Waals surface area contributed by atoms with E-state index in [1.807, 2.05) is 0 Å². The Bertz CT molecular complexity index is 308. The maximum Gasteiger partial charge on any atom is 0.165 e. The van der Waals surface area contributed by atoms with Crippen LogP contribution in [-0.2, 0) is 0 Å². The van der Waals surface area contributed by atoms with Gasteiger partial charge < -0.3 is 4.74 Å². The van der Waals surface area contributed by atoms with Crippen molar-refractivity contribution in [3.05, 3.63) is 29.3 Å². The van der Waals surface area contributed by atoms with Crippen LogP contribution in [0.15, 0.2) is 12.1 Å². The fourth-order valence-electron chi connectivity index (χ4n) is 1.26. The van der Waals surface area contributed by atoms with Crippen LogP contribution in [0.1, 0.15) is 25.3 Å². The first-order valence-electron chi connectivity index (χ1n) is 4.09. The second-order valence-corrected chi connectivity index (χ2v) is 3.13. The molecule has 0 spiro atoms. The summed E-state index contributed by atoms with van der Waals surface area (Å²) in [5, 5.41) is 0. The maximum atomic E-state index is 13.2. The average molecular weight is 186 g/mol. The summed E-state index contributed by atoms with van der Waals surface area (Å²) in [6.45, 7) is 3.58. The quantitative estimate of drug-likeness (QED) is 0.689. The Balaban J connectivity index is 3.32. The van der Waals surface area contributed by atoms with Gasteiger partial charge in [-0.1, -0.05) is 13.8 Å². The molecule has 0 aliphatic carbocycles. The molecule has 0 aliphatic heterocycles. The maximum absolute atomic E-state index is 13.2. The highest BCUT2D eigenvalue weighted by molar-refractivity contribution is 5.37. The predicted molar refractivity (Wildman–Crippen MR) is 47.0 cm³/mol. The topological polar surface area (TPSA) is 9.23 Å². The minimum Gasteiger partial charge on any atom is -0.496 e. The molecule has 0 saturated heterocycles. The van der Waals surface area contributed by atoms with Gasteiger partial charge in [-0.2, -0.15) is 0 Å². The molecule has 0 bridgehead atoms. The number of hydrogen-bond donors (Lipinski definition) is 0. The van der Waals surface area contributed by atoms with E-state index in [0.29, 0.717) is 11.3 Å². The van der Waals surface area contributed by atoms with Crippen molar-refractivity contribution in [1.29, 1.82) is 0 Å². The van der Waals surface area contributed by atoms with Gasteiger partial charge in [-0.15, -0.1) is 0 Å². The van der Waals surface area contributed by atoms with Crippen molar-refractivity contribution in [3.8, 4) is 5.75 Å². The number of hydrogen-bond acceptors (Lipinski definition) is 1. The normalized spacial score (nSPS) is 10.6. The first-order valence-corrected chi connectivity index (χ1v) is 4.09. The highest BCUT2D eigenvalue weighted by Gasteiger charge is 2.16. The van der Waals surface area contributed by atoms with Crippen molar-refractivity contribution in [1.82, 2.24) is 0 Å². The average Bonchev–Trinajstić information content (AvgIpc) is 2.08. The Kier molecular flexibility index (Phi) is 2.86. The molecule has 0 aliphatic rings. The molecule has 0 heterocycles. The number of ether oxygens (including phenoxy) is 1. The van der Waals surface area contributed by atoms with Gasteiger partial charge in [0.25, 0.3) is 0 Å². The number of benzene rings is 1. The van der Waals surface area contributed by atoms with E-state index in [1.165, 1.54) is 13.2 Å². The van der Waals surface area contributed by atoms with Crippen LogP contribution in [-0.4, -0.2) is 7.11 Å². The zero-order chi connectivity index (χ0) is 10.0. The van der Waals surface area contributed by atoms with E-state index in [1.54, 1.807) is 13.8 Å². The fraction of sp³-hybridized carbons (Fsp3) is 0.400. The van der Waals surface area contributed by atoms with Crippen molar-refractivity contribution < 1.29 is 13.5 Å². The highest BCUT2D eigenvalue weighted by Crippen LogP contribution is 2.30. The van der Waals surface area contributed by atoms with E-state index in [4.69, 9.17) is 4.74 Å². The lowest BCUT2D eigenvalue weighted by Crippen LogP contribution is -2.00. The monoisotopic (exact) mass is 186 g/mol. The fourth-order valence-corrected chi connectivity index (χ4v) is 1.26. The van der Waals surface area contributed by atoms with Crippen molar-refractivity contribution in [2.45, 2.75) is 19.8 Å². The second-order valence-electron chi connectivity index (χ2n) is 3.13. The Morgan fingerprint density at radius 2 is 1.85 bits per heavy atom. The molecule has 0 unspecified atom stereocenters. The molecule has 0 fully saturated rings. The van der Waals surface area contributed by atoms with Crippen molar-refractivity contribution in [2.24, 2.45) is 0 Å². The lowest BCUT2D eigenvalue weighted by molar-refractivity contribution is 0.394. The van der Waals surface area contributed by atoms with E-state index in [9.17, 15) is 8.78 Å². The van der Waals surface area contributed by atoms with Crippen LogP contribution in [0.5, 0.6) is 5.75 Å². The molecule has 13 heavy (non-hydrogen) atoms. The third-order valence-corrected chi connectivity index (χ3v) is 1.89. The Labute approximate surface area is 76.3 Å². The van der Waals surface area contributed by atoms with Crippen molar-refractivity contribution >= 4 is 0 Å². The van der Waals surface area contributed by atoms with Gasteiger partial charge >= 0.3 is 0 Å². The third kappa shape index (κ3) is 1.79. The summed E-state index contributed by atoms with van der Waals surface area (Å²) >= 11 is 0. The zero-order valence-corrected chi connectivity index (χ0v) is 7.90. The minimum atomic E-state index is -0.829. The van der Waals surface area contributed by atoms with Gasteiger partial charge in [0, 0.05) is 5.56 Å². The van der Waals surface area contributed by atoms with Gasteiger partial charge in [0.15, 0.2) is 11.6 Å². The molecule has 0 radical (unpaired) electrons. The minimum absolute atomic E-state index is 0.0920. The van der Waals surface area contributed by atoms with Crippen molar-refractivity contribution in [3.63, 3.8) is 0 Å². The molecule has 0 saturated carbocycles. The molecule has 0 amide bonds. The zero-order valence-electron chi connectivity index (χ0n) is 7.90. The molecular weight excluding hydrogens is 174 g/mol. The van der Waals surface area contributed by atoms with Crippen LogP contribution in [0.2, 0.25) is 0 Å². The van der Waals surface area contributed by atoms with E-state index in [-0.39, 0.29) is 5.92 Å². The Morgan fingerprint density at radius 1 is 1.23 bits per heavy atom. The summed E-state index contributed by atoms with van der Waals surface area (Å²) < 4.78 is 31.0. The van der Waals surface area contributed by atoms with E-state index < -0.39 is 11.6 Å². The van der Waals surface area contributed by atoms with Crippen LogP contribution >= 0.6 is 0 Å². The SMILES string of the molecule is COc1ccc(F)c(F)c1C(C)C. The summed E-state index contributed by atoms with van der Waals surface area (Å²) in [6, 6.07) is 2.51. The molecule has 1 rings (SSSR count). The highest BCUT2D eigenvalue weighted by atomic mass is 19.2. The van der Waals surface area contributed by atoms with E-state index in [0.717, 1.165) is 6.07 Å². The molecule has 72 valence electrons. The van der Waals surface area contributed by atoms with Crippen LogP contribution in [0.4, 0.5) is 8.78 Å². The smallest absolute Gasteiger partial charge is 0.165 e. The molecule has 1 aromatic rings. The third-order valence-electron chi connectivity index (χ3n) is 1.89. The van der Waals surface area contributed by atoms with Crippen molar-refractivity contribution in [2.75, 3.05) is 7.11 Å². The lowest BCUT2D eigenvalue weighted by Gasteiger charge is -2.12. The standard InChI is InChI=1S/C10H12F2O/c1-6(2)9-8(13-3)5-4-7(11)10(9)12/h4-6H,1-3H3. The second kappa shape index (κ2) is 3.73. The summed E-state index contributed by atoms with van der Waals surface area (Å²) in [4.78, 5) is 0. The van der Waals surface area contributed by atoms with Gasteiger partial charge in [0.2, 0.25) is 0 Å². The summed E-state index contributed by atoms with van der Waals surface area (Å²) in [5.74, 6) is -1.33. The Morgan fingerprint density at radius 3 is 2.31 bits per heavy atom. The van der Waals surface area contributed by atoms with Crippen LogP contribution in [0.3, 0.4) is 0 Å². The molecule has 0 aromatic heterocycles. The summed E-state index contributed by atoms with van der Waals surface area (Å²) in [5.41, 5.74) is 0.294. The van der Waals surface area contributed by atoms with E-state index >= 15 is 0 Å². The number of halogens is 2. The molecular formula is C10H12F2O. The largest absolute Gasteiger partial charge is 0.496 e. The van der Waals surface area contributed by atoms with Gasteiger partial charge in [0.05, 0.1) is 7.11 Å². The van der Waals surface area contributed by atoms with E-state index in [2.05, 4.69) is 0 Å². The lowest BCUT2D eigenvalue weighted by atomic mass is 10.0. The molecule has 0 N–H and O–H groups in total. The van der Waals surface area contributed by atoms with Crippen LogP contribution in [0.25, 0.3) is 0 Å².